The van der Waals surface area contributed by atoms with Crippen LogP contribution >= 0.6 is 23.8 Å². The van der Waals surface area contributed by atoms with E-state index in [-0.39, 0.29) is 11.0 Å². The van der Waals surface area contributed by atoms with Crippen LogP contribution in [0.5, 0.6) is 0 Å². The minimum Gasteiger partial charge on any atom is -0.332 e. The number of nitrogens with one attached hydrogen (secondary N) is 2. The van der Waals surface area contributed by atoms with Gasteiger partial charge < -0.3 is 5.32 Å². The van der Waals surface area contributed by atoms with E-state index in [4.69, 9.17) is 23.8 Å². The second-order valence-electron chi connectivity index (χ2n) is 5.12. The molecule has 0 saturated carbocycles. The van der Waals surface area contributed by atoms with E-state index in [2.05, 4.69) is 10.6 Å². The molecule has 0 radical (unpaired) electrons. The summed E-state index contributed by atoms with van der Waals surface area (Å²) in [6.07, 6.45) is 3.05. The fourth-order valence-corrected chi connectivity index (χ4v) is 2.45. The zero-order valence-corrected chi connectivity index (χ0v) is 14.5. The topological polar surface area (TPSA) is 41.1 Å². The predicted molar refractivity (Wildman–Crippen MR) is 101 cm³/mol. The zero-order valence-electron chi connectivity index (χ0n) is 12.9. The molecule has 0 atom stereocenters. The van der Waals surface area contributed by atoms with Gasteiger partial charge in [0, 0.05) is 16.8 Å². The number of amides is 1. The number of hydrogen-bond donors (Lipinski definition) is 2. The molecule has 0 aliphatic carbocycles. The van der Waals surface area contributed by atoms with Crippen LogP contribution in [0.15, 0.2) is 48.5 Å². The molecule has 0 aliphatic rings. The molecule has 0 fully saturated rings. The maximum Gasteiger partial charge on any atom is 0.250 e. The lowest BCUT2D eigenvalue weighted by Gasteiger charge is -2.11. The lowest BCUT2D eigenvalue weighted by atomic mass is 10.1. The van der Waals surface area contributed by atoms with Crippen molar-refractivity contribution < 1.29 is 4.79 Å². The number of carbonyl (C=O) groups is 1. The molecule has 0 aliphatic heterocycles. The Morgan fingerprint density at radius 3 is 2.61 bits per heavy atom. The maximum absolute atomic E-state index is 11.9. The predicted octanol–water partition coefficient (Wildman–Crippen LogP) is 4.48. The lowest BCUT2D eigenvalue weighted by molar-refractivity contribution is -0.115. The van der Waals surface area contributed by atoms with Gasteiger partial charge >= 0.3 is 0 Å². The first-order valence-electron chi connectivity index (χ1n) is 7.07. The van der Waals surface area contributed by atoms with Crippen LogP contribution in [0.3, 0.4) is 0 Å². The molecule has 0 spiro atoms. The second-order valence-corrected chi connectivity index (χ2v) is 5.93. The number of aryl methyl sites for hydroxylation is 2. The van der Waals surface area contributed by atoms with Crippen molar-refractivity contribution in [1.29, 1.82) is 0 Å². The number of benzene rings is 2. The zero-order chi connectivity index (χ0) is 16.8. The quantitative estimate of drug-likeness (QED) is 0.637. The monoisotopic (exact) mass is 344 g/mol. The van der Waals surface area contributed by atoms with Gasteiger partial charge in [-0.05, 0) is 55.4 Å². The Bertz CT molecular complexity index is 771. The lowest BCUT2D eigenvalue weighted by Crippen LogP contribution is -2.33. The summed E-state index contributed by atoms with van der Waals surface area (Å²) in [6, 6.07) is 13.3. The first kappa shape index (κ1) is 17.2. The van der Waals surface area contributed by atoms with Crippen molar-refractivity contribution in [2.24, 2.45) is 0 Å². The molecule has 1 amide bonds. The standard InChI is InChI=1S/C18H17ClN2OS/c1-12-7-9-16(13(2)11-12)20-18(23)21-17(22)10-8-14-5-3-4-6-15(14)19/h3-11H,1-2H3,(H2,20,21,22,23). The Hall–Kier alpha value is -2.17. The Morgan fingerprint density at radius 1 is 1.17 bits per heavy atom. The molecule has 0 saturated heterocycles. The van der Waals surface area contributed by atoms with Crippen molar-refractivity contribution in [3.8, 4) is 0 Å². The molecular formula is C18H17ClN2OS. The average Bonchev–Trinajstić information content (AvgIpc) is 2.49. The molecule has 0 aromatic heterocycles. The molecule has 0 heterocycles. The Kier molecular flexibility index (Phi) is 5.90. The van der Waals surface area contributed by atoms with Gasteiger partial charge in [-0.1, -0.05) is 47.5 Å². The van der Waals surface area contributed by atoms with Gasteiger partial charge in [-0.15, -0.1) is 0 Å². The van der Waals surface area contributed by atoms with E-state index in [1.165, 1.54) is 11.6 Å². The highest BCUT2D eigenvalue weighted by atomic mass is 35.5. The van der Waals surface area contributed by atoms with Crippen LogP contribution in [-0.2, 0) is 4.79 Å². The number of rotatable bonds is 3. The normalized spacial score (nSPS) is 10.6. The summed E-state index contributed by atoms with van der Waals surface area (Å²) in [6.45, 7) is 4.01. The van der Waals surface area contributed by atoms with Crippen LogP contribution in [0.2, 0.25) is 5.02 Å². The van der Waals surface area contributed by atoms with Gasteiger partial charge in [-0.2, -0.15) is 0 Å². The highest BCUT2D eigenvalue weighted by Crippen LogP contribution is 2.17. The Labute approximate surface area is 146 Å². The van der Waals surface area contributed by atoms with Gasteiger partial charge in [0.2, 0.25) is 5.91 Å². The molecule has 0 unspecified atom stereocenters. The maximum atomic E-state index is 11.9. The Morgan fingerprint density at radius 2 is 1.91 bits per heavy atom. The van der Waals surface area contributed by atoms with Crippen molar-refractivity contribution in [3.05, 3.63) is 70.3 Å². The van der Waals surface area contributed by atoms with Crippen molar-refractivity contribution in [1.82, 2.24) is 5.32 Å². The summed E-state index contributed by atoms with van der Waals surface area (Å²) in [4.78, 5) is 11.9. The van der Waals surface area contributed by atoms with Crippen molar-refractivity contribution in [2.75, 3.05) is 5.32 Å². The molecule has 23 heavy (non-hydrogen) atoms. The molecule has 2 N–H and O–H groups in total. The minimum absolute atomic E-state index is 0.255. The molecule has 2 aromatic carbocycles. The molecule has 5 heteroatoms. The third-order valence-electron chi connectivity index (χ3n) is 3.19. The SMILES string of the molecule is Cc1ccc(NC(=S)NC(=O)C=Cc2ccccc2Cl)c(C)c1. The average molecular weight is 345 g/mol. The van der Waals surface area contributed by atoms with E-state index in [1.54, 1.807) is 12.1 Å². The summed E-state index contributed by atoms with van der Waals surface area (Å²) < 4.78 is 0. The summed E-state index contributed by atoms with van der Waals surface area (Å²) in [5.41, 5.74) is 3.88. The molecule has 118 valence electrons. The van der Waals surface area contributed by atoms with Gasteiger partial charge in [0.15, 0.2) is 5.11 Å². The number of thiocarbonyl (C=S) groups is 1. The van der Waals surface area contributed by atoms with Crippen LogP contribution in [-0.4, -0.2) is 11.0 Å². The first-order chi connectivity index (χ1) is 11.0. The first-order valence-corrected chi connectivity index (χ1v) is 7.86. The number of halogens is 1. The van der Waals surface area contributed by atoms with E-state index in [0.29, 0.717) is 5.02 Å². The largest absolute Gasteiger partial charge is 0.332 e. The van der Waals surface area contributed by atoms with Crippen molar-refractivity contribution >= 4 is 46.6 Å². The van der Waals surface area contributed by atoms with Gasteiger partial charge in [0.1, 0.15) is 0 Å². The van der Waals surface area contributed by atoms with Crippen molar-refractivity contribution in [3.63, 3.8) is 0 Å². The number of hydrogen-bond acceptors (Lipinski definition) is 2. The van der Waals surface area contributed by atoms with Gasteiger partial charge in [-0.3, -0.25) is 10.1 Å². The van der Waals surface area contributed by atoms with E-state index < -0.39 is 0 Å². The van der Waals surface area contributed by atoms with Crippen molar-refractivity contribution in [2.45, 2.75) is 13.8 Å². The summed E-state index contributed by atoms with van der Waals surface area (Å²) >= 11 is 11.2. The van der Waals surface area contributed by atoms with Gasteiger partial charge in [-0.25, -0.2) is 0 Å². The summed E-state index contributed by atoms with van der Waals surface area (Å²) in [5.74, 6) is -0.313. The minimum atomic E-state index is -0.313. The summed E-state index contributed by atoms with van der Waals surface area (Å²) in [5, 5.41) is 6.47. The van der Waals surface area contributed by atoms with E-state index in [1.807, 2.05) is 50.2 Å². The second kappa shape index (κ2) is 7.90. The molecule has 3 nitrogen and oxygen atoms in total. The highest BCUT2D eigenvalue weighted by molar-refractivity contribution is 7.80. The van der Waals surface area contributed by atoms with Gasteiger partial charge in [0.25, 0.3) is 0 Å². The van der Waals surface area contributed by atoms with Crippen LogP contribution < -0.4 is 10.6 Å². The fraction of sp³-hybridized carbons (Fsp3) is 0.111. The third-order valence-corrected chi connectivity index (χ3v) is 3.73. The number of carbonyl (C=O) groups excluding carboxylic acids is 1. The van der Waals surface area contributed by atoms with E-state index >= 15 is 0 Å². The van der Waals surface area contributed by atoms with E-state index in [9.17, 15) is 4.79 Å². The van der Waals surface area contributed by atoms with Crippen LogP contribution in [0.4, 0.5) is 5.69 Å². The van der Waals surface area contributed by atoms with Crippen LogP contribution in [0.1, 0.15) is 16.7 Å². The molecular weight excluding hydrogens is 328 g/mol. The molecule has 2 aromatic rings. The third kappa shape index (κ3) is 5.20. The highest BCUT2D eigenvalue weighted by Gasteiger charge is 2.04. The van der Waals surface area contributed by atoms with Crippen LogP contribution in [0.25, 0.3) is 6.08 Å². The van der Waals surface area contributed by atoms with Crippen LogP contribution in [0, 0.1) is 13.8 Å². The Balaban J connectivity index is 1.95. The smallest absolute Gasteiger partial charge is 0.250 e. The number of anilines is 1. The fourth-order valence-electron chi connectivity index (χ4n) is 2.04. The molecule has 0 bridgehead atoms. The molecule has 2 rings (SSSR count). The summed E-state index contributed by atoms with van der Waals surface area (Å²) in [7, 11) is 0. The van der Waals surface area contributed by atoms with E-state index in [0.717, 1.165) is 16.8 Å². The van der Waals surface area contributed by atoms with Gasteiger partial charge in [0.05, 0.1) is 0 Å².